The van der Waals surface area contributed by atoms with Gasteiger partial charge in [0.25, 0.3) is 0 Å². The van der Waals surface area contributed by atoms with Crippen molar-refractivity contribution in [2.24, 2.45) is 0 Å². The smallest absolute Gasteiger partial charge is 0.320 e. The van der Waals surface area contributed by atoms with Gasteiger partial charge in [-0.1, -0.05) is 6.07 Å². The fourth-order valence-electron chi connectivity index (χ4n) is 1.69. The predicted octanol–water partition coefficient (Wildman–Crippen LogP) is 2.47. The van der Waals surface area contributed by atoms with E-state index in [0.717, 1.165) is 0 Å². The molecule has 0 fully saturated rings. The quantitative estimate of drug-likeness (QED) is 0.794. The van der Waals surface area contributed by atoms with Crippen LogP contribution in [0.25, 0.3) is 0 Å². The molecule has 0 aliphatic heterocycles. The molecule has 20 heavy (non-hydrogen) atoms. The van der Waals surface area contributed by atoms with Crippen LogP contribution in [0, 0.1) is 17.1 Å². The standard InChI is InChI=1S/C15H19FN2O2/c1-15(2,3)20-14(19)10-18(4)9-12-6-5-11(8-17)7-13(12)16/h5-7H,9-10H2,1-4H3. The molecule has 0 amide bonds. The van der Waals surface area contributed by atoms with Crippen LogP contribution in [-0.2, 0) is 16.1 Å². The number of esters is 1. The van der Waals surface area contributed by atoms with E-state index in [2.05, 4.69) is 0 Å². The van der Waals surface area contributed by atoms with Gasteiger partial charge in [0, 0.05) is 12.1 Å². The van der Waals surface area contributed by atoms with Crippen molar-refractivity contribution in [3.8, 4) is 6.07 Å². The van der Waals surface area contributed by atoms with Crippen LogP contribution < -0.4 is 0 Å². The highest BCUT2D eigenvalue weighted by molar-refractivity contribution is 5.72. The van der Waals surface area contributed by atoms with E-state index in [1.54, 1.807) is 44.9 Å². The van der Waals surface area contributed by atoms with E-state index >= 15 is 0 Å². The Morgan fingerprint density at radius 1 is 1.45 bits per heavy atom. The maximum atomic E-state index is 13.7. The minimum Gasteiger partial charge on any atom is -0.459 e. The number of ether oxygens (including phenoxy) is 1. The Morgan fingerprint density at radius 2 is 2.10 bits per heavy atom. The summed E-state index contributed by atoms with van der Waals surface area (Å²) in [5.41, 5.74) is 0.188. The number of carbonyl (C=O) groups is 1. The van der Waals surface area contributed by atoms with Crippen LogP contribution in [0.3, 0.4) is 0 Å². The molecule has 0 unspecified atom stereocenters. The first kappa shape index (κ1) is 16.1. The molecule has 1 aromatic rings. The molecule has 1 aromatic carbocycles. The van der Waals surface area contributed by atoms with Gasteiger partial charge in [-0.15, -0.1) is 0 Å². The van der Waals surface area contributed by atoms with Gasteiger partial charge in [0.15, 0.2) is 0 Å². The van der Waals surface area contributed by atoms with Gasteiger partial charge in [-0.25, -0.2) is 4.39 Å². The lowest BCUT2D eigenvalue weighted by Gasteiger charge is -2.22. The molecule has 0 aliphatic rings. The van der Waals surface area contributed by atoms with Gasteiger partial charge in [-0.2, -0.15) is 5.26 Å². The molecule has 0 aromatic heterocycles. The van der Waals surface area contributed by atoms with Crippen LogP contribution in [-0.4, -0.2) is 30.1 Å². The Kier molecular flexibility index (Phi) is 5.23. The lowest BCUT2D eigenvalue weighted by atomic mass is 10.1. The molecule has 0 aliphatic carbocycles. The maximum Gasteiger partial charge on any atom is 0.320 e. The monoisotopic (exact) mass is 278 g/mol. The van der Waals surface area contributed by atoms with Crippen LogP contribution in [0.1, 0.15) is 31.9 Å². The maximum absolute atomic E-state index is 13.7. The highest BCUT2D eigenvalue weighted by atomic mass is 19.1. The third kappa shape index (κ3) is 5.37. The molecule has 4 nitrogen and oxygen atoms in total. The number of hydrogen-bond donors (Lipinski definition) is 0. The predicted molar refractivity (Wildman–Crippen MR) is 73.3 cm³/mol. The number of rotatable bonds is 4. The Bertz CT molecular complexity index is 530. The average molecular weight is 278 g/mol. The molecule has 0 radical (unpaired) electrons. The third-order valence-corrected chi connectivity index (χ3v) is 2.44. The van der Waals surface area contributed by atoms with Crippen LogP contribution >= 0.6 is 0 Å². The molecule has 0 spiro atoms. The van der Waals surface area contributed by atoms with Crippen LogP contribution in [0.2, 0.25) is 0 Å². The Hall–Kier alpha value is -1.93. The number of carbonyl (C=O) groups excluding carboxylic acids is 1. The number of halogens is 1. The zero-order chi connectivity index (χ0) is 15.3. The van der Waals surface area contributed by atoms with Crippen molar-refractivity contribution in [2.75, 3.05) is 13.6 Å². The summed E-state index contributed by atoms with van der Waals surface area (Å²) in [5, 5.41) is 8.67. The lowest BCUT2D eigenvalue weighted by Crippen LogP contribution is -2.32. The van der Waals surface area contributed by atoms with Gasteiger partial charge in [-0.05, 0) is 40.0 Å². The van der Waals surface area contributed by atoms with E-state index in [-0.39, 0.29) is 24.6 Å². The number of likely N-dealkylation sites (N-methyl/N-ethyl adjacent to an activating group) is 1. The van der Waals surface area contributed by atoms with Crippen molar-refractivity contribution in [3.63, 3.8) is 0 Å². The van der Waals surface area contributed by atoms with Gasteiger partial charge in [-0.3, -0.25) is 9.69 Å². The van der Waals surface area contributed by atoms with Crippen molar-refractivity contribution in [3.05, 3.63) is 35.1 Å². The molecule has 0 atom stereocenters. The van der Waals surface area contributed by atoms with E-state index < -0.39 is 11.4 Å². The summed E-state index contributed by atoms with van der Waals surface area (Å²) < 4.78 is 18.9. The first-order valence-corrected chi connectivity index (χ1v) is 6.30. The summed E-state index contributed by atoms with van der Waals surface area (Å²) in [4.78, 5) is 13.3. The second-order valence-electron chi connectivity index (χ2n) is 5.68. The SMILES string of the molecule is CN(CC(=O)OC(C)(C)C)Cc1ccc(C#N)cc1F. The van der Waals surface area contributed by atoms with Gasteiger partial charge in [0.05, 0.1) is 18.2 Å². The van der Waals surface area contributed by atoms with Gasteiger partial charge >= 0.3 is 5.97 Å². The van der Waals surface area contributed by atoms with Crippen LogP contribution in [0.5, 0.6) is 0 Å². The molecular formula is C15H19FN2O2. The van der Waals surface area contributed by atoms with Gasteiger partial charge in [0.2, 0.25) is 0 Å². The number of hydrogen-bond acceptors (Lipinski definition) is 4. The normalized spacial score (nSPS) is 11.2. The second kappa shape index (κ2) is 6.49. The highest BCUT2D eigenvalue weighted by Gasteiger charge is 2.18. The Morgan fingerprint density at radius 3 is 2.60 bits per heavy atom. The summed E-state index contributed by atoms with van der Waals surface area (Å²) in [6, 6.07) is 6.18. The molecule has 0 saturated carbocycles. The Labute approximate surface area is 118 Å². The molecule has 108 valence electrons. The average Bonchev–Trinajstić information content (AvgIpc) is 2.28. The zero-order valence-corrected chi connectivity index (χ0v) is 12.2. The minimum atomic E-state index is -0.530. The first-order valence-electron chi connectivity index (χ1n) is 6.30. The van der Waals surface area contributed by atoms with E-state index in [1.807, 2.05) is 6.07 Å². The summed E-state index contributed by atoms with van der Waals surface area (Å²) in [6.07, 6.45) is 0. The summed E-state index contributed by atoms with van der Waals surface area (Å²) >= 11 is 0. The number of benzene rings is 1. The van der Waals surface area contributed by atoms with Crippen LogP contribution in [0.4, 0.5) is 4.39 Å². The zero-order valence-electron chi connectivity index (χ0n) is 12.2. The van der Waals surface area contributed by atoms with Crippen LogP contribution in [0.15, 0.2) is 18.2 Å². The lowest BCUT2D eigenvalue weighted by molar-refractivity contribution is -0.155. The van der Waals surface area contributed by atoms with E-state index in [4.69, 9.17) is 10.00 Å². The number of nitriles is 1. The van der Waals surface area contributed by atoms with Crippen molar-refractivity contribution >= 4 is 5.97 Å². The van der Waals surface area contributed by atoms with Crippen molar-refractivity contribution < 1.29 is 13.9 Å². The topological polar surface area (TPSA) is 53.3 Å². The molecule has 5 heteroatoms. The minimum absolute atomic E-state index is 0.0801. The fraction of sp³-hybridized carbons (Fsp3) is 0.467. The van der Waals surface area contributed by atoms with Crippen molar-refractivity contribution in [1.82, 2.24) is 4.90 Å². The molecule has 0 bridgehead atoms. The largest absolute Gasteiger partial charge is 0.459 e. The van der Waals surface area contributed by atoms with Gasteiger partial charge in [0.1, 0.15) is 11.4 Å². The summed E-state index contributed by atoms with van der Waals surface area (Å²) in [6.45, 7) is 5.75. The van der Waals surface area contributed by atoms with E-state index in [1.165, 1.54) is 6.07 Å². The molecule has 0 heterocycles. The Balaban J connectivity index is 2.61. The van der Waals surface area contributed by atoms with E-state index in [9.17, 15) is 9.18 Å². The molecule has 1 rings (SSSR count). The second-order valence-corrected chi connectivity index (χ2v) is 5.68. The first-order chi connectivity index (χ1) is 9.21. The molecule has 0 N–H and O–H groups in total. The van der Waals surface area contributed by atoms with Gasteiger partial charge < -0.3 is 4.74 Å². The third-order valence-electron chi connectivity index (χ3n) is 2.44. The fourth-order valence-corrected chi connectivity index (χ4v) is 1.69. The molecule has 0 saturated heterocycles. The highest BCUT2D eigenvalue weighted by Crippen LogP contribution is 2.12. The van der Waals surface area contributed by atoms with Crippen molar-refractivity contribution in [2.45, 2.75) is 32.9 Å². The summed E-state index contributed by atoms with van der Waals surface area (Å²) in [5.74, 6) is -0.797. The summed E-state index contributed by atoms with van der Waals surface area (Å²) in [7, 11) is 1.71. The van der Waals surface area contributed by atoms with E-state index in [0.29, 0.717) is 5.56 Å². The van der Waals surface area contributed by atoms with Crippen molar-refractivity contribution in [1.29, 1.82) is 5.26 Å². The number of nitrogens with zero attached hydrogens (tertiary/aromatic N) is 2. The molecular weight excluding hydrogens is 259 g/mol.